The Morgan fingerprint density at radius 3 is 2.45 bits per heavy atom. The monoisotopic (exact) mass is 288 g/mol. The lowest BCUT2D eigenvalue weighted by molar-refractivity contribution is -0.125. The molecule has 2 aromatic carbocycles. The van der Waals surface area contributed by atoms with E-state index in [4.69, 9.17) is 0 Å². The molecule has 2 aromatic rings. The van der Waals surface area contributed by atoms with Gasteiger partial charge in [-0.05, 0) is 34.9 Å². The van der Waals surface area contributed by atoms with Crippen LogP contribution >= 0.6 is 11.9 Å². The highest BCUT2D eigenvalue weighted by molar-refractivity contribution is 7.98. The second kappa shape index (κ2) is 6.96. The van der Waals surface area contributed by atoms with Gasteiger partial charge in [0.05, 0.1) is 0 Å². The van der Waals surface area contributed by atoms with Crippen LogP contribution < -0.4 is 10.0 Å². The summed E-state index contributed by atoms with van der Waals surface area (Å²) < 4.78 is 2.74. The van der Waals surface area contributed by atoms with E-state index >= 15 is 0 Å². The second-order valence-electron chi connectivity index (χ2n) is 4.31. The highest BCUT2D eigenvalue weighted by atomic mass is 32.2. The lowest BCUT2D eigenvalue weighted by atomic mass is 10.1. The summed E-state index contributed by atoms with van der Waals surface area (Å²) in [5.74, 6) is -0.275. The first-order chi connectivity index (χ1) is 9.69. The topological polar surface area (TPSA) is 58.2 Å². The van der Waals surface area contributed by atoms with E-state index in [1.807, 2.05) is 42.5 Å². The van der Waals surface area contributed by atoms with Gasteiger partial charge in [0.15, 0.2) is 0 Å². The summed E-state index contributed by atoms with van der Waals surface area (Å²) in [4.78, 5) is 23.6. The van der Waals surface area contributed by atoms with Crippen LogP contribution in [0, 0.1) is 0 Å². The van der Waals surface area contributed by atoms with Crippen LogP contribution in [-0.2, 0) is 9.59 Å². The fraction of sp³-hybridized carbons (Fsp3) is 0.200. The lowest BCUT2D eigenvalue weighted by Crippen LogP contribution is -2.22. The minimum atomic E-state index is -0.147. The Kier molecular flexibility index (Phi) is 5.01. The maximum absolute atomic E-state index is 11.6. The summed E-state index contributed by atoms with van der Waals surface area (Å²) >= 11 is 1.27. The van der Waals surface area contributed by atoms with Crippen molar-refractivity contribution < 1.29 is 9.59 Å². The van der Waals surface area contributed by atoms with Crippen molar-refractivity contribution in [2.24, 2.45) is 0 Å². The van der Waals surface area contributed by atoms with E-state index in [0.29, 0.717) is 0 Å². The molecule has 2 amide bonds. The standard InChI is InChI=1S/C15H16N2O2S/c1-16-14(18)8-9-15(19)17-20-13-7-6-11-4-2-3-5-12(11)10-13/h2-7,10H,8-9H2,1H3,(H,16,18)(H,17,19). The fourth-order valence-electron chi connectivity index (χ4n) is 1.75. The van der Waals surface area contributed by atoms with Gasteiger partial charge in [-0.2, -0.15) is 0 Å². The van der Waals surface area contributed by atoms with Gasteiger partial charge in [-0.3, -0.25) is 14.3 Å². The van der Waals surface area contributed by atoms with E-state index in [1.165, 1.54) is 17.3 Å². The Balaban J connectivity index is 1.89. The number of hydrogen-bond acceptors (Lipinski definition) is 3. The van der Waals surface area contributed by atoms with E-state index in [2.05, 4.69) is 10.0 Å². The van der Waals surface area contributed by atoms with Crippen LogP contribution in [0.2, 0.25) is 0 Å². The molecule has 0 atom stereocenters. The summed E-state index contributed by atoms with van der Waals surface area (Å²) in [6, 6.07) is 14.1. The van der Waals surface area contributed by atoms with Gasteiger partial charge in [-0.25, -0.2) is 0 Å². The molecule has 0 aliphatic carbocycles. The molecule has 0 saturated carbocycles. The summed E-state index contributed by atoms with van der Waals surface area (Å²) in [6.45, 7) is 0. The Morgan fingerprint density at radius 1 is 1.00 bits per heavy atom. The minimum Gasteiger partial charge on any atom is -0.359 e. The van der Waals surface area contributed by atoms with Gasteiger partial charge in [0.2, 0.25) is 11.8 Å². The molecule has 0 saturated heterocycles. The van der Waals surface area contributed by atoms with Crippen LogP contribution in [0.5, 0.6) is 0 Å². The molecule has 104 valence electrons. The molecule has 0 aromatic heterocycles. The van der Waals surface area contributed by atoms with Crippen LogP contribution in [0.3, 0.4) is 0 Å². The maximum Gasteiger partial charge on any atom is 0.230 e. The van der Waals surface area contributed by atoms with Crippen molar-refractivity contribution in [3.63, 3.8) is 0 Å². The van der Waals surface area contributed by atoms with E-state index in [0.717, 1.165) is 10.3 Å². The summed E-state index contributed by atoms with van der Waals surface area (Å²) in [5.41, 5.74) is 0. The molecule has 2 N–H and O–H groups in total. The number of carbonyl (C=O) groups excluding carboxylic acids is 2. The molecule has 0 unspecified atom stereocenters. The molecule has 0 spiro atoms. The van der Waals surface area contributed by atoms with Crippen molar-refractivity contribution in [2.45, 2.75) is 17.7 Å². The zero-order valence-electron chi connectivity index (χ0n) is 11.2. The fourth-order valence-corrected chi connectivity index (χ4v) is 2.41. The maximum atomic E-state index is 11.6. The van der Waals surface area contributed by atoms with Gasteiger partial charge in [0, 0.05) is 24.8 Å². The molecule has 0 fully saturated rings. The minimum absolute atomic E-state index is 0.129. The summed E-state index contributed by atoms with van der Waals surface area (Å²) in [5, 5.41) is 4.79. The number of rotatable bonds is 5. The van der Waals surface area contributed by atoms with E-state index < -0.39 is 0 Å². The average Bonchev–Trinajstić information content (AvgIpc) is 2.50. The van der Waals surface area contributed by atoms with E-state index in [9.17, 15) is 9.59 Å². The van der Waals surface area contributed by atoms with Crippen LogP contribution in [0.1, 0.15) is 12.8 Å². The molecule has 4 nitrogen and oxygen atoms in total. The third-order valence-electron chi connectivity index (χ3n) is 2.86. The highest BCUT2D eigenvalue weighted by Gasteiger charge is 2.06. The normalized spacial score (nSPS) is 10.2. The quantitative estimate of drug-likeness (QED) is 0.831. The first kappa shape index (κ1) is 14.4. The zero-order valence-corrected chi connectivity index (χ0v) is 12.0. The summed E-state index contributed by atoms with van der Waals surface area (Å²) in [7, 11) is 1.56. The van der Waals surface area contributed by atoms with E-state index in [-0.39, 0.29) is 24.7 Å². The number of fused-ring (bicyclic) bond motifs is 1. The molecule has 0 radical (unpaired) electrons. The Bertz CT molecular complexity index is 628. The molecule has 20 heavy (non-hydrogen) atoms. The van der Waals surface area contributed by atoms with Crippen molar-refractivity contribution in [3.05, 3.63) is 42.5 Å². The zero-order chi connectivity index (χ0) is 14.4. The highest BCUT2D eigenvalue weighted by Crippen LogP contribution is 2.21. The average molecular weight is 288 g/mol. The van der Waals surface area contributed by atoms with Gasteiger partial charge in [-0.1, -0.05) is 30.3 Å². The lowest BCUT2D eigenvalue weighted by Gasteiger charge is -2.05. The second-order valence-corrected chi connectivity index (χ2v) is 5.19. The molecule has 0 aliphatic rings. The Labute approximate surface area is 122 Å². The third kappa shape index (κ3) is 3.99. The van der Waals surface area contributed by atoms with Gasteiger partial charge < -0.3 is 5.32 Å². The predicted octanol–water partition coefficient (Wildman–Crippen LogP) is 2.49. The van der Waals surface area contributed by atoms with Gasteiger partial charge in [0.25, 0.3) is 0 Å². The van der Waals surface area contributed by atoms with Crippen LogP contribution in [-0.4, -0.2) is 18.9 Å². The number of benzene rings is 2. The SMILES string of the molecule is CNC(=O)CCC(=O)NSc1ccc2ccccc2c1. The van der Waals surface area contributed by atoms with Crippen molar-refractivity contribution in [1.29, 1.82) is 0 Å². The van der Waals surface area contributed by atoms with Gasteiger partial charge >= 0.3 is 0 Å². The predicted molar refractivity (Wildman–Crippen MR) is 81.2 cm³/mol. The Morgan fingerprint density at radius 2 is 1.70 bits per heavy atom. The molecular weight excluding hydrogens is 272 g/mol. The molecular formula is C15H16N2O2S. The van der Waals surface area contributed by atoms with Gasteiger partial charge in [0.1, 0.15) is 0 Å². The van der Waals surface area contributed by atoms with Crippen LogP contribution in [0.25, 0.3) is 10.8 Å². The molecule has 0 bridgehead atoms. The van der Waals surface area contributed by atoms with Gasteiger partial charge in [-0.15, -0.1) is 0 Å². The Hall–Kier alpha value is -2.01. The molecule has 0 aliphatic heterocycles. The summed E-state index contributed by atoms with van der Waals surface area (Å²) in [6.07, 6.45) is 0.404. The number of carbonyl (C=O) groups is 2. The largest absolute Gasteiger partial charge is 0.359 e. The molecule has 5 heteroatoms. The third-order valence-corrected chi connectivity index (χ3v) is 3.68. The number of nitrogens with one attached hydrogen (secondary N) is 2. The van der Waals surface area contributed by atoms with Crippen LogP contribution in [0.15, 0.2) is 47.4 Å². The van der Waals surface area contributed by atoms with Crippen molar-refractivity contribution in [1.82, 2.24) is 10.0 Å². The van der Waals surface area contributed by atoms with Crippen molar-refractivity contribution >= 4 is 34.5 Å². The first-order valence-electron chi connectivity index (χ1n) is 6.34. The molecule has 0 heterocycles. The number of hydrogen-bond donors (Lipinski definition) is 2. The first-order valence-corrected chi connectivity index (χ1v) is 7.16. The van der Waals surface area contributed by atoms with E-state index in [1.54, 1.807) is 7.05 Å². The van der Waals surface area contributed by atoms with Crippen LogP contribution in [0.4, 0.5) is 0 Å². The smallest absolute Gasteiger partial charge is 0.230 e. The van der Waals surface area contributed by atoms with Crippen molar-refractivity contribution in [2.75, 3.05) is 7.05 Å². The molecule has 2 rings (SSSR count). The number of amides is 2. The van der Waals surface area contributed by atoms with Crippen molar-refractivity contribution in [3.8, 4) is 0 Å².